The first-order valence-corrected chi connectivity index (χ1v) is 7.14. The van der Waals surface area contributed by atoms with E-state index in [0.717, 1.165) is 12.8 Å². The molecule has 0 saturated carbocycles. The summed E-state index contributed by atoms with van der Waals surface area (Å²) in [6.45, 7) is 2.20. The normalized spacial score (nSPS) is 11.1. The molecule has 1 N–H and O–H groups in total. The van der Waals surface area contributed by atoms with Crippen LogP contribution in [0.2, 0.25) is 0 Å². The zero-order valence-electron chi connectivity index (χ0n) is 11.3. The third-order valence-corrected chi connectivity index (χ3v) is 2.88. The van der Waals surface area contributed by atoms with Gasteiger partial charge in [-0.25, -0.2) is 0 Å². The van der Waals surface area contributed by atoms with Gasteiger partial charge in [0.05, 0.1) is 0 Å². The maximum Gasteiger partial charge on any atom is 0.303 e. The Hall–Kier alpha value is -0.790. The average Bonchev–Trinajstić information content (AvgIpc) is 2.30. The number of carbonyl (C=O) groups is 1. The van der Waals surface area contributed by atoms with Crippen molar-refractivity contribution in [1.82, 2.24) is 0 Å². The largest absolute Gasteiger partial charge is 0.481 e. The molecule has 0 spiro atoms. The molecule has 17 heavy (non-hydrogen) atoms. The van der Waals surface area contributed by atoms with Gasteiger partial charge < -0.3 is 5.11 Å². The molecule has 0 aliphatic carbocycles. The topological polar surface area (TPSA) is 37.3 Å². The molecule has 2 nitrogen and oxygen atoms in total. The van der Waals surface area contributed by atoms with Crippen LogP contribution in [0.3, 0.4) is 0 Å². The second-order valence-electron chi connectivity index (χ2n) is 4.67. The second kappa shape index (κ2) is 13.3. The zero-order valence-corrected chi connectivity index (χ0v) is 11.3. The van der Waals surface area contributed by atoms with Crippen molar-refractivity contribution >= 4 is 5.97 Å². The molecule has 0 rings (SSSR count). The maximum absolute atomic E-state index is 10.3. The van der Waals surface area contributed by atoms with Gasteiger partial charge in [0, 0.05) is 6.42 Å². The fraction of sp³-hybridized carbons (Fsp3) is 0.800. The van der Waals surface area contributed by atoms with E-state index in [0.29, 0.717) is 6.42 Å². The van der Waals surface area contributed by atoms with Crippen molar-refractivity contribution in [1.29, 1.82) is 0 Å². The molecule has 0 aliphatic heterocycles. The third-order valence-electron chi connectivity index (χ3n) is 2.88. The summed E-state index contributed by atoms with van der Waals surface area (Å²) in [4.78, 5) is 10.3. The van der Waals surface area contributed by atoms with Crippen molar-refractivity contribution in [3.8, 4) is 0 Å². The van der Waals surface area contributed by atoms with Crippen LogP contribution in [0.15, 0.2) is 12.2 Å². The molecular weight excluding hydrogens is 212 g/mol. The minimum Gasteiger partial charge on any atom is -0.481 e. The Morgan fingerprint density at radius 1 is 0.882 bits per heavy atom. The number of carboxylic acids is 1. The maximum atomic E-state index is 10.3. The van der Waals surface area contributed by atoms with Crippen molar-refractivity contribution in [2.75, 3.05) is 0 Å². The molecule has 0 heterocycles. The molecule has 2 heteroatoms. The highest BCUT2D eigenvalue weighted by atomic mass is 16.4. The van der Waals surface area contributed by atoms with E-state index in [9.17, 15) is 4.79 Å². The van der Waals surface area contributed by atoms with E-state index in [1.807, 2.05) is 0 Å². The summed E-state index contributed by atoms with van der Waals surface area (Å²) in [5.41, 5.74) is 0. The predicted molar refractivity (Wildman–Crippen MR) is 73.2 cm³/mol. The number of allylic oxidation sites excluding steroid dienone is 2. The highest BCUT2D eigenvalue weighted by molar-refractivity contribution is 5.66. The SMILES string of the molecule is CCC/C=C\CCCCCCCCCC(=O)O. The first-order chi connectivity index (χ1) is 8.27. The molecule has 0 amide bonds. The predicted octanol–water partition coefficient (Wildman–Crippen LogP) is 4.94. The van der Waals surface area contributed by atoms with Crippen LogP contribution in [0.4, 0.5) is 0 Å². The quantitative estimate of drug-likeness (QED) is 0.387. The van der Waals surface area contributed by atoms with Gasteiger partial charge in [-0.3, -0.25) is 4.79 Å². The van der Waals surface area contributed by atoms with Gasteiger partial charge in [-0.15, -0.1) is 0 Å². The van der Waals surface area contributed by atoms with Crippen molar-refractivity contribution in [3.05, 3.63) is 12.2 Å². The highest BCUT2D eigenvalue weighted by Crippen LogP contribution is 2.10. The van der Waals surface area contributed by atoms with Crippen molar-refractivity contribution in [2.24, 2.45) is 0 Å². The average molecular weight is 240 g/mol. The lowest BCUT2D eigenvalue weighted by atomic mass is 10.1. The third kappa shape index (κ3) is 15.2. The van der Waals surface area contributed by atoms with Crippen molar-refractivity contribution in [2.45, 2.75) is 77.6 Å². The summed E-state index contributed by atoms with van der Waals surface area (Å²) in [5.74, 6) is -0.663. The lowest BCUT2D eigenvalue weighted by Crippen LogP contribution is -1.93. The Labute approximate surface area is 106 Å². The van der Waals surface area contributed by atoms with Crippen LogP contribution < -0.4 is 0 Å². The molecule has 0 saturated heterocycles. The number of hydrogen-bond acceptors (Lipinski definition) is 1. The van der Waals surface area contributed by atoms with Gasteiger partial charge in [-0.05, 0) is 25.7 Å². The van der Waals surface area contributed by atoms with Gasteiger partial charge in [0.25, 0.3) is 0 Å². The van der Waals surface area contributed by atoms with Crippen LogP contribution in [-0.4, -0.2) is 11.1 Å². The van der Waals surface area contributed by atoms with Crippen LogP contribution in [0, 0.1) is 0 Å². The van der Waals surface area contributed by atoms with Crippen molar-refractivity contribution in [3.63, 3.8) is 0 Å². The monoisotopic (exact) mass is 240 g/mol. The Kier molecular flexibility index (Phi) is 12.7. The van der Waals surface area contributed by atoms with E-state index < -0.39 is 5.97 Å². The van der Waals surface area contributed by atoms with E-state index in [1.165, 1.54) is 51.4 Å². The minimum atomic E-state index is -0.663. The van der Waals surface area contributed by atoms with Crippen LogP contribution in [0.1, 0.15) is 77.6 Å². The number of carboxylic acid groups (broad SMARTS) is 1. The van der Waals surface area contributed by atoms with Crippen molar-refractivity contribution < 1.29 is 9.90 Å². The van der Waals surface area contributed by atoms with Gasteiger partial charge in [0.1, 0.15) is 0 Å². The van der Waals surface area contributed by atoms with E-state index >= 15 is 0 Å². The van der Waals surface area contributed by atoms with Gasteiger partial charge in [-0.2, -0.15) is 0 Å². The van der Waals surface area contributed by atoms with Gasteiger partial charge in [-0.1, -0.05) is 57.6 Å². The Balaban J connectivity index is 3.01. The first kappa shape index (κ1) is 16.2. The summed E-state index contributed by atoms with van der Waals surface area (Å²) < 4.78 is 0. The molecule has 100 valence electrons. The van der Waals surface area contributed by atoms with Gasteiger partial charge in [0.2, 0.25) is 0 Å². The number of hydrogen-bond donors (Lipinski definition) is 1. The molecule has 0 aliphatic rings. The Bertz CT molecular complexity index is 197. The molecule has 0 radical (unpaired) electrons. The standard InChI is InChI=1S/C15H28O2/c1-2-3-4-5-6-7-8-9-10-11-12-13-14-15(16)17/h4-5H,2-3,6-14H2,1H3,(H,16,17)/b5-4-. The zero-order chi connectivity index (χ0) is 12.8. The second-order valence-corrected chi connectivity index (χ2v) is 4.67. The number of unbranched alkanes of at least 4 members (excludes halogenated alkanes) is 8. The lowest BCUT2D eigenvalue weighted by molar-refractivity contribution is -0.137. The first-order valence-electron chi connectivity index (χ1n) is 7.14. The summed E-state index contributed by atoms with van der Waals surface area (Å²) in [5, 5.41) is 8.47. The molecule has 0 aromatic carbocycles. The summed E-state index contributed by atoms with van der Waals surface area (Å²) in [7, 11) is 0. The number of aliphatic carboxylic acids is 1. The molecule has 0 unspecified atom stereocenters. The summed E-state index contributed by atoms with van der Waals surface area (Å²) in [6.07, 6.45) is 16.9. The van der Waals surface area contributed by atoms with E-state index in [4.69, 9.17) is 5.11 Å². The fourth-order valence-electron chi connectivity index (χ4n) is 1.82. The Morgan fingerprint density at radius 2 is 1.41 bits per heavy atom. The minimum absolute atomic E-state index is 0.336. The van der Waals surface area contributed by atoms with Crippen LogP contribution in [-0.2, 0) is 4.79 Å². The molecule has 0 aromatic heterocycles. The number of rotatable bonds is 12. The van der Waals surface area contributed by atoms with Gasteiger partial charge in [0.15, 0.2) is 0 Å². The summed E-state index contributed by atoms with van der Waals surface area (Å²) >= 11 is 0. The van der Waals surface area contributed by atoms with Crippen LogP contribution in [0.25, 0.3) is 0 Å². The molecule has 0 bridgehead atoms. The van der Waals surface area contributed by atoms with E-state index in [2.05, 4.69) is 19.1 Å². The van der Waals surface area contributed by atoms with E-state index in [-0.39, 0.29) is 0 Å². The fourth-order valence-corrected chi connectivity index (χ4v) is 1.82. The smallest absolute Gasteiger partial charge is 0.303 e. The van der Waals surface area contributed by atoms with E-state index in [1.54, 1.807) is 0 Å². The van der Waals surface area contributed by atoms with Crippen LogP contribution in [0.5, 0.6) is 0 Å². The molecular formula is C15H28O2. The molecule has 0 aromatic rings. The van der Waals surface area contributed by atoms with Crippen LogP contribution >= 0.6 is 0 Å². The molecule has 0 atom stereocenters. The molecule has 0 fully saturated rings. The highest BCUT2D eigenvalue weighted by Gasteiger charge is 1.96. The Morgan fingerprint density at radius 3 is 2.00 bits per heavy atom. The lowest BCUT2D eigenvalue weighted by Gasteiger charge is -2.00. The summed E-state index contributed by atoms with van der Waals surface area (Å²) in [6, 6.07) is 0. The van der Waals surface area contributed by atoms with Gasteiger partial charge >= 0.3 is 5.97 Å².